The third kappa shape index (κ3) is 3.40. The number of nitrogen functional groups attached to an aromatic ring is 1. The molecule has 1 fully saturated rings. The molecule has 1 amide bonds. The quantitative estimate of drug-likeness (QED) is 0.821. The lowest BCUT2D eigenvalue weighted by atomic mass is 10.3. The zero-order chi connectivity index (χ0) is 14.8. The summed E-state index contributed by atoms with van der Waals surface area (Å²) in [4.78, 5) is 13.7. The Morgan fingerprint density at radius 3 is 2.70 bits per heavy atom. The molecule has 0 radical (unpaired) electrons. The van der Waals surface area contributed by atoms with Gasteiger partial charge in [-0.25, -0.2) is 8.42 Å². The Labute approximate surface area is 122 Å². The number of hydrogen-bond donors (Lipinski definition) is 2. The van der Waals surface area contributed by atoms with Crippen LogP contribution in [0.3, 0.4) is 0 Å². The van der Waals surface area contributed by atoms with Crippen LogP contribution >= 0.6 is 11.5 Å². The Morgan fingerprint density at radius 2 is 2.10 bits per heavy atom. The van der Waals surface area contributed by atoms with Gasteiger partial charge in [0.05, 0.1) is 0 Å². The molecule has 1 aliphatic heterocycles. The van der Waals surface area contributed by atoms with E-state index in [1.807, 2.05) is 4.90 Å². The smallest absolute Gasteiger partial charge is 0.224 e. The number of amides is 1. The summed E-state index contributed by atoms with van der Waals surface area (Å²) < 4.78 is 27.1. The van der Waals surface area contributed by atoms with Crippen molar-refractivity contribution in [3.63, 3.8) is 0 Å². The van der Waals surface area contributed by atoms with Gasteiger partial charge < -0.3 is 16.0 Å². The number of aromatic nitrogens is 1. The fourth-order valence-corrected chi connectivity index (χ4v) is 4.27. The fourth-order valence-electron chi connectivity index (χ4n) is 2.17. The number of nitrogens with zero attached hydrogens (tertiary/aromatic N) is 2. The van der Waals surface area contributed by atoms with Crippen LogP contribution in [0.2, 0.25) is 0 Å². The maximum atomic E-state index is 11.9. The summed E-state index contributed by atoms with van der Waals surface area (Å²) in [6.45, 7) is 2.02. The summed E-state index contributed by atoms with van der Waals surface area (Å²) in [6.07, 6.45) is 3.54. The molecule has 3 N–H and O–H groups in total. The van der Waals surface area contributed by atoms with Crippen LogP contribution < -0.4 is 11.1 Å². The second-order valence-electron chi connectivity index (χ2n) is 4.76. The number of likely N-dealkylation sites (tertiary alicyclic amines) is 1. The first-order chi connectivity index (χ1) is 9.39. The van der Waals surface area contributed by atoms with Gasteiger partial charge in [-0.2, -0.15) is 4.37 Å². The Balaban J connectivity index is 1.93. The van der Waals surface area contributed by atoms with Crippen molar-refractivity contribution in [3.8, 4) is 0 Å². The minimum Gasteiger partial charge on any atom is -0.382 e. The van der Waals surface area contributed by atoms with Crippen LogP contribution in [-0.4, -0.2) is 49.5 Å². The van der Waals surface area contributed by atoms with E-state index in [9.17, 15) is 13.2 Å². The summed E-state index contributed by atoms with van der Waals surface area (Å²) in [5, 5.41) is 3.35. The number of hydrogen-bond acceptors (Lipinski definition) is 7. The maximum Gasteiger partial charge on any atom is 0.224 e. The van der Waals surface area contributed by atoms with Crippen LogP contribution in [0.1, 0.15) is 19.3 Å². The molecule has 0 bridgehead atoms. The second kappa shape index (κ2) is 5.96. The molecule has 20 heavy (non-hydrogen) atoms. The highest BCUT2D eigenvalue weighted by atomic mass is 32.2. The monoisotopic (exact) mass is 318 g/mol. The molecule has 1 aromatic heterocycles. The molecule has 9 heteroatoms. The van der Waals surface area contributed by atoms with Crippen LogP contribution in [0.5, 0.6) is 0 Å². The summed E-state index contributed by atoms with van der Waals surface area (Å²) >= 11 is 0.997. The lowest BCUT2D eigenvalue weighted by Gasteiger charge is -2.15. The van der Waals surface area contributed by atoms with Gasteiger partial charge in [0.25, 0.3) is 0 Å². The standard InChI is InChI=1S/C11H18N4O3S2/c1-20(17,18)9-10(12)14-19-11(9)13-5-4-8(16)15-6-2-3-7-15/h13H,2-7H2,1H3,(H2,12,14). The highest BCUT2D eigenvalue weighted by Crippen LogP contribution is 2.31. The van der Waals surface area contributed by atoms with E-state index in [2.05, 4.69) is 9.69 Å². The summed E-state index contributed by atoms with van der Waals surface area (Å²) in [5.74, 6) is 0.0965. The SMILES string of the molecule is CS(=O)(=O)c1c(N)nsc1NCCC(=O)N1CCCC1. The molecule has 1 saturated heterocycles. The molecule has 1 aromatic rings. The number of rotatable bonds is 5. The number of carbonyl (C=O) groups is 1. The Bertz CT molecular complexity index is 591. The van der Waals surface area contributed by atoms with E-state index in [1.165, 1.54) is 0 Å². The van der Waals surface area contributed by atoms with E-state index in [4.69, 9.17) is 5.73 Å². The molecule has 1 aliphatic rings. The molecule has 7 nitrogen and oxygen atoms in total. The first kappa shape index (κ1) is 15.0. The van der Waals surface area contributed by atoms with Crippen molar-refractivity contribution in [2.24, 2.45) is 0 Å². The van der Waals surface area contributed by atoms with Crippen molar-refractivity contribution in [3.05, 3.63) is 0 Å². The predicted octanol–water partition coefficient (Wildman–Crippen LogP) is 0.553. The molecule has 0 atom stereocenters. The molecule has 0 aromatic carbocycles. The first-order valence-electron chi connectivity index (χ1n) is 6.36. The molecule has 2 rings (SSSR count). The lowest BCUT2D eigenvalue weighted by Crippen LogP contribution is -2.29. The highest BCUT2D eigenvalue weighted by Gasteiger charge is 2.22. The zero-order valence-corrected chi connectivity index (χ0v) is 12.9. The average molecular weight is 318 g/mol. The number of sulfone groups is 1. The van der Waals surface area contributed by atoms with Gasteiger partial charge in [0.15, 0.2) is 15.7 Å². The predicted molar refractivity (Wildman–Crippen MR) is 78.6 cm³/mol. The summed E-state index contributed by atoms with van der Waals surface area (Å²) in [7, 11) is -3.42. The molecular formula is C11H18N4O3S2. The molecule has 112 valence electrons. The molecule has 0 unspecified atom stereocenters. The van der Waals surface area contributed by atoms with Crippen LogP contribution in [-0.2, 0) is 14.6 Å². The van der Waals surface area contributed by atoms with E-state index in [0.717, 1.165) is 43.7 Å². The van der Waals surface area contributed by atoms with Crippen molar-refractivity contribution in [2.45, 2.75) is 24.2 Å². The van der Waals surface area contributed by atoms with Gasteiger partial charge >= 0.3 is 0 Å². The Hall–Kier alpha value is -1.35. The topological polar surface area (TPSA) is 105 Å². The third-order valence-electron chi connectivity index (χ3n) is 3.13. The summed E-state index contributed by atoms with van der Waals surface area (Å²) in [5.41, 5.74) is 5.56. The van der Waals surface area contributed by atoms with Gasteiger partial charge in [-0.05, 0) is 24.4 Å². The van der Waals surface area contributed by atoms with Gasteiger partial charge in [0.2, 0.25) is 5.91 Å². The fraction of sp³-hybridized carbons (Fsp3) is 0.636. The number of anilines is 2. The van der Waals surface area contributed by atoms with Crippen LogP contribution in [0.4, 0.5) is 10.8 Å². The van der Waals surface area contributed by atoms with Crippen molar-refractivity contribution in [1.82, 2.24) is 9.27 Å². The number of carbonyl (C=O) groups excluding carboxylic acids is 1. The lowest BCUT2D eigenvalue weighted by molar-refractivity contribution is -0.129. The van der Waals surface area contributed by atoms with Crippen LogP contribution in [0.25, 0.3) is 0 Å². The van der Waals surface area contributed by atoms with Crippen molar-refractivity contribution < 1.29 is 13.2 Å². The van der Waals surface area contributed by atoms with Crippen molar-refractivity contribution in [1.29, 1.82) is 0 Å². The van der Waals surface area contributed by atoms with E-state index >= 15 is 0 Å². The minimum absolute atomic E-state index is 0.00543. The van der Waals surface area contributed by atoms with Gasteiger partial charge in [-0.1, -0.05) is 0 Å². The molecular weight excluding hydrogens is 300 g/mol. The van der Waals surface area contributed by atoms with E-state index in [1.54, 1.807) is 0 Å². The molecule has 2 heterocycles. The second-order valence-corrected chi connectivity index (χ2v) is 7.49. The first-order valence-corrected chi connectivity index (χ1v) is 9.03. The van der Waals surface area contributed by atoms with Crippen LogP contribution in [0, 0.1) is 0 Å². The minimum atomic E-state index is -3.42. The molecule has 0 spiro atoms. The third-order valence-corrected chi connectivity index (χ3v) is 5.23. The normalized spacial score (nSPS) is 15.6. The molecule has 0 saturated carbocycles. The summed E-state index contributed by atoms with van der Waals surface area (Å²) in [6, 6.07) is 0. The average Bonchev–Trinajstić information content (AvgIpc) is 2.97. The van der Waals surface area contributed by atoms with Crippen molar-refractivity contribution in [2.75, 3.05) is 36.9 Å². The van der Waals surface area contributed by atoms with E-state index in [0.29, 0.717) is 18.0 Å². The van der Waals surface area contributed by atoms with E-state index < -0.39 is 9.84 Å². The Kier molecular flexibility index (Phi) is 4.48. The van der Waals surface area contributed by atoms with Gasteiger partial charge in [-0.15, -0.1) is 0 Å². The highest BCUT2D eigenvalue weighted by molar-refractivity contribution is 7.91. The van der Waals surface area contributed by atoms with Crippen LogP contribution in [0.15, 0.2) is 4.90 Å². The largest absolute Gasteiger partial charge is 0.382 e. The zero-order valence-electron chi connectivity index (χ0n) is 11.3. The van der Waals surface area contributed by atoms with E-state index in [-0.39, 0.29) is 16.6 Å². The molecule has 0 aliphatic carbocycles. The number of nitrogens with one attached hydrogen (secondary N) is 1. The Morgan fingerprint density at radius 1 is 1.45 bits per heavy atom. The van der Waals surface area contributed by atoms with Crippen molar-refractivity contribution >= 4 is 38.1 Å². The number of nitrogens with two attached hydrogens (primary N) is 1. The van der Waals surface area contributed by atoms with Gasteiger partial charge in [-0.3, -0.25) is 4.79 Å². The maximum absolute atomic E-state index is 11.9. The van der Waals surface area contributed by atoms with Gasteiger partial charge in [0, 0.05) is 32.3 Å². The van der Waals surface area contributed by atoms with Gasteiger partial charge in [0.1, 0.15) is 9.90 Å².